The Kier molecular flexibility index (Phi) is 5.68. The molecule has 0 unspecified atom stereocenters. The highest BCUT2D eigenvalue weighted by Crippen LogP contribution is 2.20. The van der Waals surface area contributed by atoms with Gasteiger partial charge in [-0.2, -0.15) is 8.78 Å². The molecular weight excluding hydrogens is 324 g/mol. The molecule has 0 saturated heterocycles. The number of anilines is 1. The summed E-state index contributed by atoms with van der Waals surface area (Å²) < 4.78 is 52.7. The van der Waals surface area contributed by atoms with E-state index in [0.29, 0.717) is 18.8 Å². The molecule has 0 aromatic heterocycles. The first kappa shape index (κ1) is 17.4. The van der Waals surface area contributed by atoms with Crippen LogP contribution in [0.3, 0.4) is 0 Å². The van der Waals surface area contributed by atoms with Gasteiger partial charge in [0.1, 0.15) is 0 Å². The minimum atomic E-state index is -4.55. The number of sulfone groups is 1. The van der Waals surface area contributed by atoms with Crippen LogP contribution in [0.1, 0.15) is 11.1 Å². The van der Waals surface area contributed by atoms with Crippen molar-refractivity contribution in [1.29, 1.82) is 0 Å². The fourth-order valence-corrected chi connectivity index (χ4v) is 2.79. The van der Waals surface area contributed by atoms with Gasteiger partial charge in [0.25, 0.3) is 0 Å². The highest BCUT2D eigenvalue weighted by Gasteiger charge is 2.26. The summed E-state index contributed by atoms with van der Waals surface area (Å²) in [6.45, 7) is 1.05. The van der Waals surface area contributed by atoms with Crippen LogP contribution in [-0.2, 0) is 27.7 Å². The Morgan fingerprint density at radius 3 is 2.35 bits per heavy atom. The van der Waals surface area contributed by atoms with Gasteiger partial charge in [0.2, 0.25) is 9.84 Å². The van der Waals surface area contributed by atoms with E-state index in [0.717, 1.165) is 11.1 Å². The summed E-state index contributed by atoms with van der Waals surface area (Å²) >= 11 is 0. The minimum absolute atomic E-state index is 0.389. The third kappa shape index (κ3) is 4.49. The smallest absolute Gasteiger partial charge is 0.341 e. The predicted molar refractivity (Wildman–Crippen MR) is 84.1 cm³/mol. The SMILES string of the molecule is COCc1cccc(CNc2ccc(S(=O)(=O)C(F)F)cc2)c1. The lowest BCUT2D eigenvalue weighted by Crippen LogP contribution is -2.11. The minimum Gasteiger partial charge on any atom is -0.381 e. The molecule has 1 N–H and O–H groups in total. The summed E-state index contributed by atoms with van der Waals surface area (Å²) in [5.74, 6) is -3.41. The van der Waals surface area contributed by atoms with E-state index in [1.54, 1.807) is 7.11 Å². The van der Waals surface area contributed by atoms with Gasteiger partial charge in [-0.15, -0.1) is 0 Å². The second-order valence-electron chi connectivity index (χ2n) is 4.94. The van der Waals surface area contributed by atoms with Crippen LogP contribution in [0.4, 0.5) is 14.5 Å². The molecule has 0 spiro atoms. The lowest BCUT2D eigenvalue weighted by molar-refractivity contribution is 0.185. The molecule has 0 fully saturated rings. The molecule has 23 heavy (non-hydrogen) atoms. The number of nitrogens with one attached hydrogen (secondary N) is 1. The maximum Gasteiger partial charge on any atom is 0.341 e. The maximum atomic E-state index is 12.5. The van der Waals surface area contributed by atoms with Gasteiger partial charge in [-0.25, -0.2) is 8.42 Å². The lowest BCUT2D eigenvalue weighted by atomic mass is 10.1. The number of halogens is 2. The van der Waals surface area contributed by atoms with Crippen molar-refractivity contribution in [2.75, 3.05) is 12.4 Å². The van der Waals surface area contributed by atoms with Crippen LogP contribution in [0, 0.1) is 0 Å². The van der Waals surface area contributed by atoms with Crippen molar-refractivity contribution in [2.45, 2.75) is 23.8 Å². The van der Waals surface area contributed by atoms with Gasteiger partial charge in [0.05, 0.1) is 11.5 Å². The van der Waals surface area contributed by atoms with Crippen molar-refractivity contribution in [3.63, 3.8) is 0 Å². The molecule has 0 radical (unpaired) electrons. The highest BCUT2D eigenvalue weighted by atomic mass is 32.2. The van der Waals surface area contributed by atoms with Crippen LogP contribution in [0.2, 0.25) is 0 Å². The standard InChI is InChI=1S/C16H17F2NO3S/c1-22-11-13-4-2-3-12(9-13)10-19-14-5-7-15(8-6-14)23(20,21)16(17)18/h2-9,16,19H,10-11H2,1H3. The van der Waals surface area contributed by atoms with Crippen LogP contribution in [0.25, 0.3) is 0 Å². The molecule has 0 aliphatic heterocycles. The van der Waals surface area contributed by atoms with Crippen LogP contribution in [0.15, 0.2) is 53.4 Å². The Hall–Kier alpha value is -1.99. The number of hydrogen-bond donors (Lipinski definition) is 1. The Morgan fingerprint density at radius 2 is 1.74 bits per heavy atom. The monoisotopic (exact) mass is 341 g/mol. The van der Waals surface area contributed by atoms with Crippen LogP contribution < -0.4 is 5.32 Å². The fourth-order valence-electron chi connectivity index (χ4n) is 2.07. The fraction of sp³-hybridized carbons (Fsp3) is 0.250. The first-order valence-corrected chi connectivity index (χ1v) is 8.41. The predicted octanol–water partition coefficient (Wildman–Crippen LogP) is 3.44. The number of alkyl halides is 2. The Bertz CT molecular complexity index is 746. The third-order valence-electron chi connectivity index (χ3n) is 3.22. The summed E-state index contributed by atoms with van der Waals surface area (Å²) in [6.07, 6.45) is 0. The quantitative estimate of drug-likeness (QED) is 0.838. The van der Waals surface area contributed by atoms with Crippen LogP contribution in [0.5, 0.6) is 0 Å². The second-order valence-corrected chi connectivity index (χ2v) is 6.85. The first-order valence-electron chi connectivity index (χ1n) is 6.86. The van der Waals surface area contributed by atoms with Crippen molar-refractivity contribution in [3.8, 4) is 0 Å². The van der Waals surface area contributed by atoms with E-state index in [1.807, 2.05) is 24.3 Å². The van der Waals surface area contributed by atoms with Crippen molar-refractivity contribution in [2.24, 2.45) is 0 Å². The zero-order chi connectivity index (χ0) is 16.9. The normalized spacial score (nSPS) is 11.7. The molecule has 0 bridgehead atoms. The van der Waals surface area contributed by atoms with Crippen LogP contribution >= 0.6 is 0 Å². The van der Waals surface area contributed by atoms with E-state index in [9.17, 15) is 17.2 Å². The van der Waals surface area contributed by atoms with Gasteiger partial charge in [0.15, 0.2) is 0 Å². The average molecular weight is 341 g/mol. The van der Waals surface area contributed by atoms with Gasteiger partial charge in [0, 0.05) is 19.3 Å². The molecule has 2 rings (SSSR count). The molecule has 0 aliphatic rings. The van der Waals surface area contributed by atoms with Crippen molar-refractivity contribution < 1.29 is 21.9 Å². The third-order valence-corrected chi connectivity index (χ3v) is 4.61. The van der Waals surface area contributed by atoms with Gasteiger partial charge >= 0.3 is 5.76 Å². The molecule has 0 saturated carbocycles. The topological polar surface area (TPSA) is 55.4 Å². The van der Waals surface area contributed by atoms with E-state index in [4.69, 9.17) is 4.74 Å². The summed E-state index contributed by atoms with van der Waals surface area (Å²) in [4.78, 5) is -0.389. The molecule has 2 aromatic rings. The largest absolute Gasteiger partial charge is 0.381 e. The Morgan fingerprint density at radius 1 is 1.09 bits per heavy atom. The second kappa shape index (κ2) is 7.52. The van der Waals surface area contributed by atoms with E-state index in [-0.39, 0.29) is 4.90 Å². The Balaban J connectivity index is 2.03. The number of rotatable bonds is 7. The summed E-state index contributed by atoms with van der Waals surface area (Å²) in [6, 6.07) is 13.1. The van der Waals surface area contributed by atoms with E-state index in [2.05, 4.69) is 5.32 Å². The van der Waals surface area contributed by atoms with Crippen molar-refractivity contribution in [1.82, 2.24) is 0 Å². The number of benzene rings is 2. The summed E-state index contributed by atoms with van der Waals surface area (Å²) in [5, 5.41) is 3.12. The highest BCUT2D eigenvalue weighted by molar-refractivity contribution is 7.91. The van der Waals surface area contributed by atoms with Crippen LogP contribution in [-0.4, -0.2) is 21.3 Å². The molecular formula is C16H17F2NO3S. The number of methoxy groups -OCH3 is 1. The molecule has 0 heterocycles. The summed E-state index contributed by atoms with van der Waals surface area (Å²) in [7, 11) is -2.92. The molecule has 0 atom stereocenters. The van der Waals surface area contributed by atoms with E-state index in [1.165, 1.54) is 24.3 Å². The first-order chi connectivity index (χ1) is 10.9. The zero-order valence-electron chi connectivity index (χ0n) is 12.5. The molecule has 2 aromatic carbocycles. The number of hydrogen-bond acceptors (Lipinski definition) is 4. The molecule has 4 nitrogen and oxygen atoms in total. The van der Waals surface area contributed by atoms with Gasteiger partial charge in [-0.1, -0.05) is 24.3 Å². The van der Waals surface area contributed by atoms with Gasteiger partial charge in [-0.05, 0) is 35.4 Å². The summed E-state index contributed by atoms with van der Waals surface area (Å²) in [5.41, 5.74) is 2.73. The van der Waals surface area contributed by atoms with Gasteiger partial charge < -0.3 is 10.1 Å². The molecule has 124 valence electrons. The van der Waals surface area contributed by atoms with E-state index < -0.39 is 15.6 Å². The maximum absolute atomic E-state index is 12.5. The van der Waals surface area contributed by atoms with Gasteiger partial charge in [-0.3, -0.25) is 0 Å². The Labute approximate surface area is 134 Å². The molecule has 7 heteroatoms. The van der Waals surface area contributed by atoms with Crippen molar-refractivity contribution in [3.05, 3.63) is 59.7 Å². The molecule has 0 aliphatic carbocycles. The average Bonchev–Trinajstić information content (AvgIpc) is 2.54. The number of ether oxygens (including phenoxy) is 1. The molecule has 0 amide bonds. The lowest BCUT2D eigenvalue weighted by Gasteiger charge is -2.09. The van der Waals surface area contributed by atoms with E-state index >= 15 is 0 Å². The van der Waals surface area contributed by atoms with Crippen molar-refractivity contribution >= 4 is 15.5 Å². The zero-order valence-corrected chi connectivity index (χ0v) is 13.3.